The molecule has 2 aromatic carbocycles. The summed E-state index contributed by atoms with van der Waals surface area (Å²) in [6.07, 6.45) is -0.164. The number of nitrogens with one attached hydrogen (secondary N) is 3. The van der Waals surface area contributed by atoms with Gasteiger partial charge in [0.2, 0.25) is 0 Å². The molecule has 11 heteroatoms. The van der Waals surface area contributed by atoms with Crippen molar-refractivity contribution in [2.75, 3.05) is 38.0 Å². The van der Waals surface area contributed by atoms with E-state index in [1.807, 2.05) is 37.3 Å². The van der Waals surface area contributed by atoms with Gasteiger partial charge in [0.05, 0.1) is 33.2 Å². The third kappa shape index (κ3) is 4.24. The second-order valence-electron chi connectivity index (χ2n) is 8.00. The first-order chi connectivity index (χ1) is 15.9. The monoisotopic (exact) mass is 502 g/mol. The number of benzene rings is 2. The van der Waals surface area contributed by atoms with Crippen LogP contribution in [0, 0.1) is 0 Å². The Morgan fingerprint density at radius 2 is 2.21 bits per heavy atom. The number of thiophene rings is 1. The van der Waals surface area contributed by atoms with Crippen LogP contribution in [0.15, 0.2) is 30.3 Å². The van der Waals surface area contributed by atoms with E-state index < -0.39 is 0 Å². The number of fused-ring (bicyclic) bond motifs is 4. The zero-order valence-electron chi connectivity index (χ0n) is 18.3. The van der Waals surface area contributed by atoms with Crippen LogP contribution in [-0.4, -0.2) is 53.9 Å². The SMILES string of the molecule is CO[C@@H](C)CN(C)C(=O)c1ccc2c3c(sc2c1)NCNC3Nc1cc2snnc2cc1Cl. The molecule has 1 amide bonds. The van der Waals surface area contributed by atoms with Crippen molar-refractivity contribution >= 4 is 71.4 Å². The largest absolute Gasteiger partial charge is 0.380 e. The Kier molecular flexibility index (Phi) is 6.11. The summed E-state index contributed by atoms with van der Waals surface area (Å²) in [4.78, 5) is 14.6. The predicted molar refractivity (Wildman–Crippen MR) is 136 cm³/mol. The molecule has 2 atom stereocenters. The van der Waals surface area contributed by atoms with Gasteiger partial charge in [0.1, 0.15) is 11.7 Å². The summed E-state index contributed by atoms with van der Waals surface area (Å²) in [7, 11) is 3.45. The molecule has 0 bridgehead atoms. The number of aromatic nitrogens is 2. The number of carbonyl (C=O) groups excluding carboxylic acids is 1. The topological polar surface area (TPSA) is 91.4 Å². The molecule has 0 aliphatic carbocycles. The normalized spacial score (nSPS) is 16.4. The minimum atomic E-state index is -0.141. The molecule has 1 aliphatic rings. The predicted octanol–water partition coefficient (Wildman–Crippen LogP) is 4.75. The van der Waals surface area contributed by atoms with E-state index in [-0.39, 0.29) is 18.2 Å². The molecule has 1 unspecified atom stereocenters. The van der Waals surface area contributed by atoms with Crippen LogP contribution in [0.1, 0.15) is 29.0 Å². The van der Waals surface area contributed by atoms with Gasteiger partial charge in [-0.05, 0) is 42.7 Å². The number of likely N-dealkylation sites (N-methyl/N-ethyl adjacent to an activating group) is 1. The van der Waals surface area contributed by atoms with Gasteiger partial charge in [-0.1, -0.05) is 22.2 Å². The van der Waals surface area contributed by atoms with E-state index in [0.717, 1.165) is 36.6 Å². The highest BCUT2D eigenvalue weighted by molar-refractivity contribution is 7.23. The van der Waals surface area contributed by atoms with Crippen molar-refractivity contribution in [1.82, 2.24) is 19.8 Å². The number of nitrogens with zero attached hydrogens (tertiary/aromatic N) is 3. The van der Waals surface area contributed by atoms with Gasteiger partial charge in [-0.15, -0.1) is 16.4 Å². The van der Waals surface area contributed by atoms with E-state index in [9.17, 15) is 4.79 Å². The Bertz CT molecular complexity index is 1340. The number of carbonyl (C=O) groups is 1. The number of hydrogen-bond donors (Lipinski definition) is 3. The molecule has 3 N–H and O–H groups in total. The Hall–Kier alpha value is -2.50. The Morgan fingerprint density at radius 1 is 1.36 bits per heavy atom. The summed E-state index contributed by atoms with van der Waals surface area (Å²) in [5.41, 5.74) is 3.38. The summed E-state index contributed by atoms with van der Waals surface area (Å²) >= 11 is 9.50. The summed E-state index contributed by atoms with van der Waals surface area (Å²) in [6, 6.07) is 9.69. The van der Waals surface area contributed by atoms with E-state index in [1.165, 1.54) is 11.5 Å². The first kappa shape index (κ1) is 22.3. The molecule has 172 valence electrons. The van der Waals surface area contributed by atoms with E-state index in [4.69, 9.17) is 16.3 Å². The fourth-order valence-electron chi connectivity index (χ4n) is 3.96. The van der Waals surface area contributed by atoms with Crippen molar-refractivity contribution < 1.29 is 9.53 Å². The third-order valence-corrected chi connectivity index (χ3v) is 7.86. The summed E-state index contributed by atoms with van der Waals surface area (Å²) in [6.45, 7) is 3.09. The molecular weight excluding hydrogens is 480 g/mol. The zero-order valence-corrected chi connectivity index (χ0v) is 20.7. The lowest BCUT2D eigenvalue weighted by molar-refractivity contribution is 0.0600. The fraction of sp³-hybridized carbons (Fsp3) is 0.318. The molecule has 4 aromatic rings. The average molecular weight is 503 g/mol. The first-order valence-electron chi connectivity index (χ1n) is 10.4. The van der Waals surface area contributed by atoms with Crippen LogP contribution in [0.3, 0.4) is 0 Å². The Labute approximate surface area is 204 Å². The minimum absolute atomic E-state index is 0.0221. The van der Waals surface area contributed by atoms with Gasteiger partial charge >= 0.3 is 0 Å². The lowest BCUT2D eigenvalue weighted by Gasteiger charge is -2.28. The van der Waals surface area contributed by atoms with Crippen molar-refractivity contribution in [3.63, 3.8) is 0 Å². The summed E-state index contributed by atoms with van der Waals surface area (Å²) < 4.78 is 11.3. The molecule has 5 rings (SSSR count). The lowest BCUT2D eigenvalue weighted by atomic mass is 10.1. The lowest BCUT2D eigenvalue weighted by Crippen LogP contribution is -2.36. The smallest absolute Gasteiger partial charge is 0.253 e. The quantitative estimate of drug-likeness (QED) is 0.350. The third-order valence-electron chi connectivity index (χ3n) is 5.74. The number of ether oxygens (including phenoxy) is 1. The number of amides is 1. The van der Waals surface area contributed by atoms with Gasteiger partial charge in [-0.3, -0.25) is 10.1 Å². The highest BCUT2D eigenvalue weighted by Gasteiger charge is 2.26. The Morgan fingerprint density at radius 3 is 3.03 bits per heavy atom. The number of hydrogen-bond acceptors (Lipinski definition) is 9. The standard InChI is InChI=1S/C22H23ClN6O2S2/c1-11(31-3)9-29(2)22(30)12-4-5-13-17(6-12)32-21-19(13)20(24-10-25-21)26-15-8-18-16(7-14(15)23)27-28-33-18/h4-8,11,20,24-26H,9-10H2,1-3H3/t11-,20?/m0/s1. The maximum atomic E-state index is 12.9. The van der Waals surface area contributed by atoms with Crippen LogP contribution in [0.4, 0.5) is 10.7 Å². The van der Waals surface area contributed by atoms with Crippen LogP contribution < -0.4 is 16.0 Å². The number of rotatable bonds is 6. The fourth-order valence-corrected chi connectivity index (χ4v) is 5.93. The van der Waals surface area contributed by atoms with Gasteiger partial charge in [-0.25, -0.2) is 0 Å². The van der Waals surface area contributed by atoms with Crippen LogP contribution in [-0.2, 0) is 4.74 Å². The highest BCUT2D eigenvalue weighted by Crippen LogP contribution is 2.42. The molecule has 3 heterocycles. The zero-order chi connectivity index (χ0) is 23.1. The summed E-state index contributed by atoms with van der Waals surface area (Å²) in [5, 5.41) is 17.3. The minimum Gasteiger partial charge on any atom is -0.380 e. The van der Waals surface area contributed by atoms with E-state index in [1.54, 1.807) is 30.4 Å². The van der Waals surface area contributed by atoms with Crippen LogP contribution in [0.2, 0.25) is 5.02 Å². The van der Waals surface area contributed by atoms with Gasteiger partial charge in [-0.2, -0.15) is 0 Å². The second kappa shape index (κ2) is 9.03. The number of methoxy groups -OCH3 is 1. The van der Waals surface area contributed by atoms with Crippen LogP contribution in [0.25, 0.3) is 20.3 Å². The van der Waals surface area contributed by atoms with Crippen LogP contribution in [0.5, 0.6) is 0 Å². The Balaban J connectivity index is 1.45. The molecule has 1 aliphatic heterocycles. The van der Waals surface area contributed by atoms with Crippen molar-refractivity contribution in [3.05, 3.63) is 46.5 Å². The van der Waals surface area contributed by atoms with E-state index in [0.29, 0.717) is 23.8 Å². The van der Waals surface area contributed by atoms with E-state index >= 15 is 0 Å². The van der Waals surface area contributed by atoms with Crippen molar-refractivity contribution in [2.24, 2.45) is 0 Å². The molecular formula is C22H23ClN6O2S2. The van der Waals surface area contributed by atoms with Crippen LogP contribution >= 0.6 is 34.5 Å². The molecule has 8 nitrogen and oxygen atoms in total. The molecule has 0 fully saturated rings. The first-order valence-corrected chi connectivity index (χ1v) is 12.4. The van der Waals surface area contributed by atoms with Crippen molar-refractivity contribution in [2.45, 2.75) is 19.2 Å². The van der Waals surface area contributed by atoms with Crippen molar-refractivity contribution in [3.8, 4) is 0 Å². The highest BCUT2D eigenvalue weighted by atomic mass is 35.5. The maximum absolute atomic E-state index is 12.9. The van der Waals surface area contributed by atoms with Gasteiger partial charge < -0.3 is 20.3 Å². The van der Waals surface area contributed by atoms with Gasteiger partial charge in [0, 0.05) is 41.9 Å². The number of halogens is 1. The molecule has 0 saturated carbocycles. The number of anilines is 2. The molecule has 0 radical (unpaired) electrons. The maximum Gasteiger partial charge on any atom is 0.253 e. The van der Waals surface area contributed by atoms with Gasteiger partial charge in [0.15, 0.2) is 0 Å². The molecule has 0 saturated heterocycles. The molecule has 2 aromatic heterocycles. The molecule has 0 spiro atoms. The van der Waals surface area contributed by atoms with Crippen molar-refractivity contribution in [1.29, 1.82) is 0 Å². The summed E-state index contributed by atoms with van der Waals surface area (Å²) in [5.74, 6) is -0.0221. The van der Waals surface area contributed by atoms with E-state index in [2.05, 4.69) is 25.5 Å². The average Bonchev–Trinajstić information content (AvgIpc) is 3.42. The second-order valence-corrected chi connectivity index (χ2v) is 10.2. The molecule has 33 heavy (non-hydrogen) atoms. The van der Waals surface area contributed by atoms with Gasteiger partial charge in [0.25, 0.3) is 5.91 Å².